The zero-order valence-corrected chi connectivity index (χ0v) is 6.09. The van der Waals surface area contributed by atoms with Crippen LogP contribution < -0.4 is 0 Å². The van der Waals surface area contributed by atoms with Crippen LogP contribution in [0.25, 0.3) is 0 Å². The van der Waals surface area contributed by atoms with Gasteiger partial charge < -0.3 is 0 Å². The van der Waals surface area contributed by atoms with Gasteiger partial charge in [-0.3, -0.25) is 4.39 Å². The average molecular weight is 186 g/mol. The molecule has 0 amide bonds. The molecule has 0 saturated heterocycles. The van der Waals surface area contributed by atoms with Gasteiger partial charge in [0.15, 0.2) is 0 Å². The molecule has 0 spiro atoms. The first-order chi connectivity index (χ1) is 5.43. The third kappa shape index (κ3) is 3.02. The molecular formula is C7H7F5. The van der Waals surface area contributed by atoms with Gasteiger partial charge >= 0.3 is 6.18 Å². The van der Waals surface area contributed by atoms with Crippen LogP contribution in [0.2, 0.25) is 0 Å². The van der Waals surface area contributed by atoms with Crippen LogP contribution in [0.4, 0.5) is 22.0 Å². The first kappa shape index (κ1) is 11.1. The van der Waals surface area contributed by atoms with E-state index < -0.39 is 30.7 Å². The number of rotatable bonds is 3. The van der Waals surface area contributed by atoms with Gasteiger partial charge in [0, 0.05) is 6.42 Å². The molecular weight excluding hydrogens is 179 g/mol. The Kier molecular flexibility index (Phi) is 3.92. The summed E-state index contributed by atoms with van der Waals surface area (Å²) in [5.74, 6) is -2.27. The number of allylic oxidation sites excluding steroid dienone is 3. The van der Waals surface area contributed by atoms with Gasteiger partial charge in [-0.1, -0.05) is 12.7 Å². The highest BCUT2D eigenvalue weighted by molar-refractivity contribution is 5.22. The van der Waals surface area contributed by atoms with Gasteiger partial charge in [-0.25, -0.2) is 4.39 Å². The first-order valence-electron chi connectivity index (χ1n) is 3.07. The van der Waals surface area contributed by atoms with Gasteiger partial charge in [-0.2, -0.15) is 13.2 Å². The molecule has 0 aromatic rings. The number of hydrogen-bond acceptors (Lipinski definition) is 0. The second kappa shape index (κ2) is 4.23. The SMILES string of the molecule is C=CC(CCF)=C(F)C(F)(F)F. The van der Waals surface area contributed by atoms with Gasteiger partial charge in [-0.15, -0.1) is 0 Å². The summed E-state index contributed by atoms with van der Waals surface area (Å²) in [5.41, 5.74) is -0.745. The van der Waals surface area contributed by atoms with E-state index >= 15 is 0 Å². The Bertz CT molecular complexity index is 188. The minimum absolute atomic E-state index is 0.602. The van der Waals surface area contributed by atoms with E-state index in [0.29, 0.717) is 6.08 Å². The van der Waals surface area contributed by atoms with E-state index in [9.17, 15) is 22.0 Å². The van der Waals surface area contributed by atoms with Crippen molar-refractivity contribution in [2.45, 2.75) is 12.6 Å². The second-order valence-corrected chi connectivity index (χ2v) is 1.98. The predicted molar refractivity (Wildman–Crippen MR) is 35.0 cm³/mol. The lowest BCUT2D eigenvalue weighted by Gasteiger charge is -2.06. The fourth-order valence-electron chi connectivity index (χ4n) is 0.585. The maximum atomic E-state index is 12.3. The van der Waals surface area contributed by atoms with Gasteiger partial charge in [-0.05, 0) is 5.57 Å². The van der Waals surface area contributed by atoms with Gasteiger partial charge in [0.2, 0.25) is 5.83 Å². The summed E-state index contributed by atoms with van der Waals surface area (Å²) in [6, 6.07) is 0. The zero-order valence-electron chi connectivity index (χ0n) is 6.09. The van der Waals surface area contributed by atoms with Crippen molar-refractivity contribution in [3.05, 3.63) is 24.1 Å². The number of halogens is 5. The van der Waals surface area contributed by atoms with Crippen molar-refractivity contribution in [3.8, 4) is 0 Å². The summed E-state index contributed by atoms with van der Waals surface area (Å²) >= 11 is 0. The maximum Gasteiger partial charge on any atom is 0.443 e. The van der Waals surface area contributed by atoms with Crippen molar-refractivity contribution >= 4 is 0 Å². The Morgan fingerprint density at radius 1 is 1.33 bits per heavy atom. The highest BCUT2D eigenvalue weighted by atomic mass is 19.4. The van der Waals surface area contributed by atoms with E-state index in [2.05, 4.69) is 6.58 Å². The van der Waals surface area contributed by atoms with E-state index in [1.54, 1.807) is 0 Å². The molecule has 0 radical (unpaired) electrons. The van der Waals surface area contributed by atoms with Crippen molar-refractivity contribution in [3.63, 3.8) is 0 Å². The van der Waals surface area contributed by atoms with E-state index in [-0.39, 0.29) is 0 Å². The molecule has 0 rings (SSSR count). The molecule has 12 heavy (non-hydrogen) atoms. The third-order valence-corrected chi connectivity index (χ3v) is 1.14. The van der Waals surface area contributed by atoms with Crippen molar-refractivity contribution in [2.75, 3.05) is 6.67 Å². The molecule has 0 atom stereocenters. The molecule has 0 N–H and O–H groups in total. The summed E-state index contributed by atoms with van der Waals surface area (Å²) in [5, 5.41) is 0. The quantitative estimate of drug-likeness (QED) is 0.468. The molecule has 0 heterocycles. The third-order valence-electron chi connectivity index (χ3n) is 1.14. The van der Waals surface area contributed by atoms with Crippen LogP contribution in [0.3, 0.4) is 0 Å². The molecule has 0 bridgehead atoms. The Morgan fingerprint density at radius 2 is 1.83 bits per heavy atom. The minimum Gasteiger partial charge on any atom is -0.251 e. The first-order valence-corrected chi connectivity index (χ1v) is 3.07. The molecule has 0 aromatic heterocycles. The number of alkyl halides is 4. The molecule has 0 nitrogen and oxygen atoms in total. The summed E-state index contributed by atoms with van der Waals surface area (Å²) in [4.78, 5) is 0. The fourth-order valence-corrected chi connectivity index (χ4v) is 0.585. The highest BCUT2D eigenvalue weighted by Gasteiger charge is 2.36. The fraction of sp³-hybridized carbons (Fsp3) is 0.429. The Balaban J connectivity index is 4.71. The molecule has 0 aliphatic carbocycles. The zero-order chi connectivity index (χ0) is 9.78. The van der Waals surface area contributed by atoms with Crippen LogP contribution in [-0.4, -0.2) is 12.9 Å². The summed E-state index contributed by atoms with van der Waals surface area (Å²) in [6.07, 6.45) is -4.98. The van der Waals surface area contributed by atoms with Crippen molar-refractivity contribution in [1.82, 2.24) is 0 Å². The van der Waals surface area contributed by atoms with E-state index in [4.69, 9.17) is 0 Å². The minimum atomic E-state index is -5.04. The van der Waals surface area contributed by atoms with Gasteiger partial charge in [0.05, 0.1) is 6.67 Å². The van der Waals surface area contributed by atoms with Crippen LogP contribution >= 0.6 is 0 Å². The smallest absolute Gasteiger partial charge is 0.251 e. The lowest BCUT2D eigenvalue weighted by atomic mass is 10.2. The van der Waals surface area contributed by atoms with Gasteiger partial charge in [0.1, 0.15) is 0 Å². The number of hydrogen-bond donors (Lipinski definition) is 0. The largest absolute Gasteiger partial charge is 0.443 e. The van der Waals surface area contributed by atoms with Crippen LogP contribution in [0.15, 0.2) is 24.1 Å². The summed E-state index contributed by atoms with van der Waals surface area (Å²) in [7, 11) is 0. The molecule has 0 fully saturated rings. The van der Waals surface area contributed by atoms with E-state index in [1.807, 2.05) is 0 Å². The molecule has 70 valence electrons. The molecule has 0 aromatic carbocycles. The molecule has 0 unspecified atom stereocenters. The van der Waals surface area contributed by atoms with Gasteiger partial charge in [0.25, 0.3) is 0 Å². The van der Waals surface area contributed by atoms with E-state index in [0.717, 1.165) is 0 Å². The normalized spacial score (nSPS) is 14.1. The lowest BCUT2D eigenvalue weighted by Crippen LogP contribution is -2.10. The van der Waals surface area contributed by atoms with Crippen molar-refractivity contribution in [2.24, 2.45) is 0 Å². The Hall–Kier alpha value is -0.870. The predicted octanol–water partition coefficient (Wildman–Crippen LogP) is 3.32. The molecule has 0 saturated carbocycles. The monoisotopic (exact) mass is 186 g/mol. The Labute approximate surface area is 66.4 Å². The van der Waals surface area contributed by atoms with Crippen LogP contribution in [0.1, 0.15) is 6.42 Å². The van der Waals surface area contributed by atoms with Crippen LogP contribution in [0.5, 0.6) is 0 Å². The van der Waals surface area contributed by atoms with E-state index in [1.165, 1.54) is 0 Å². The average Bonchev–Trinajstić information content (AvgIpc) is 1.97. The van der Waals surface area contributed by atoms with Crippen LogP contribution in [0, 0.1) is 0 Å². The molecule has 0 aliphatic rings. The maximum absolute atomic E-state index is 12.3. The molecule has 5 heteroatoms. The Morgan fingerprint density at radius 3 is 2.08 bits per heavy atom. The van der Waals surface area contributed by atoms with Crippen molar-refractivity contribution < 1.29 is 22.0 Å². The second-order valence-electron chi connectivity index (χ2n) is 1.98. The van der Waals surface area contributed by atoms with Crippen LogP contribution in [-0.2, 0) is 0 Å². The summed E-state index contributed by atoms with van der Waals surface area (Å²) < 4.78 is 58.7. The van der Waals surface area contributed by atoms with Crippen molar-refractivity contribution in [1.29, 1.82) is 0 Å². The molecule has 0 aliphatic heterocycles. The highest BCUT2D eigenvalue weighted by Crippen LogP contribution is 2.30. The standard InChI is InChI=1S/C7H7F5/c1-2-5(3-4-8)6(9)7(10,11)12/h2H,1,3-4H2. The summed E-state index contributed by atoms with van der Waals surface area (Å²) in [6.45, 7) is 1.91. The topological polar surface area (TPSA) is 0 Å². The lowest BCUT2D eigenvalue weighted by molar-refractivity contribution is -0.109.